The highest BCUT2D eigenvalue weighted by Crippen LogP contribution is 2.23. The van der Waals surface area contributed by atoms with Crippen LogP contribution in [0.15, 0.2) is 0 Å². The molecule has 0 spiro atoms. The molecule has 0 rings (SSSR count). The largest absolute Gasteiger partial charge is 0.370 e. The van der Waals surface area contributed by atoms with E-state index in [4.69, 9.17) is 45.5 Å². The number of nitrogens with one attached hydrogen (secondary N) is 1. The Kier molecular flexibility index (Phi) is 6.67. The summed E-state index contributed by atoms with van der Waals surface area (Å²) < 4.78 is -1.74. The molecule has 0 bridgehead atoms. The fourth-order valence-electron chi connectivity index (χ4n) is 0. The molecular formula is C3H5Cl3N4. The molecule has 58 valence electrons. The van der Waals surface area contributed by atoms with Crippen LogP contribution < -0.4 is 11.5 Å². The number of halogens is 3. The molecule has 0 aliphatic carbocycles. The van der Waals surface area contributed by atoms with Crippen LogP contribution >= 0.6 is 34.8 Å². The lowest BCUT2D eigenvalue weighted by Crippen LogP contribution is -2.20. The maximum atomic E-state index is 7.76. The molecular weight excluding hydrogens is 198 g/mol. The van der Waals surface area contributed by atoms with E-state index in [2.05, 4.69) is 11.5 Å². The molecule has 0 heterocycles. The molecule has 0 radical (unpaired) electrons. The number of hydrogen-bond acceptors (Lipinski definition) is 2. The van der Waals surface area contributed by atoms with E-state index >= 15 is 0 Å². The number of rotatable bonds is 0. The molecule has 0 aliphatic heterocycles. The van der Waals surface area contributed by atoms with Crippen LogP contribution in [0.4, 0.5) is 0 Å². The van der Waals surface area contributed by atoms with Crippen molar-refractivity contribution >= 4 is 40.8 Å². The molecule has 4 nitrogen and oxygen atoms in total. The van der Waals surface area contributed by atoms with Crippen molar-refractivity contribution in [1.82, 2.24) is 0 Å². The van der Waals surface area contributed by atoms with E-state index in [9.17, 15) is 0 Å². The summed E-state index contributed by atoms with van der Waals surface area (Å²) in [6.07, 6.45) is 0. The molecule has 10 heavy (non-hydrogen) atoms. The molecule has 0 aliphatic rings. The molecule has 0 aromatic rings. The lowest BCUT2D eigenvalue weighted by atomic mass is 10.9. The van der Waals surface area contributed by atoms with Gasteiger partial charge in [-0.1, -0.05) is 34.8 Å². The Morgan fingerprint density at radius 2 is 1.50 bits per heavy atom. The number of guanidine groups is 1. The third-order valence-corrected chi connectivity index (χ3v) is 0.380. The van der Waals surface area contributed by atoms with Crippen LogP contribution in [0.5, 0.6) is 0 Å². The van der Waals surface area contributed by atoms with Gasteiger partial charge in [0.15, 0.2) is 5.96 Å². The van der Waals surface area contributed by atoms with E-state index in [0.29, 0.717) is 0 Å². The first-order chi connectivity index (χ1) is 4.29. The van der Waals surface area contributed by atoms with E-state index in [-0.39, 0.29) is 5.96 Å². The summed E-state index contributed by atoms with van der Waals surface area (Å²) in [5, 5.41) is 13.8. The summed E-state index contributed by atoms with van der Waals surface area (Å²) in [6, 6.07) is 1.40. The van der Waals surface area contributed by atoms with Crippen LogP contribution in [0.2, 0.25) is 0 Å². The van der Waals surface area contributed by atoms with Crippen molar-refractivity contribution in [2.75, 3.05) is 0 Å². The van der Waals surface area contributed by atoms with Gasteiger partial charge in [-0.2, -0.15) is 5.26 Å². The van der Waals surface area contributed by atoms with E-state index in [0.717, 1.165) is 0 Å². The van der Waals surface area contributed by atoms with Gasteiger partial charge in [0.2, 0.25) is 0 Å². The molecule has 0 saturated heterocycles. The van der Waals surface area contributed by atoms with Gasteiger partial charge in [-0.05, 0) is 0 Å². The first-order valence-electron chi connectivity index (χ1n) is 1.87. The topological polar surface area (TPSA) is 99.7 Å². The minimum Gasteiger partial charge on any atom is -0.370 e. The molecule has 0 aromatic carbocycles. The fourth-order valence-corrected chi connectivity index (χ4v) is 0. The summed E-state index contributed by atoms with van der Waals surface area (Å²) in [6.45, 7) is 0. The number of hydrogen-bond donors (Lipinski definition) is 3. The zero-order valence-corrected chi connectivity index (χ0v) is 7.00. The predicted octanol–water partition coefficient (Wildman–Crippen LogP) is 0.719. The van der Waals surface area contributed by atoms with E-state index in [1.807, 2.05) is 0 Å². The van der Waals surface area contributed by atoms with Crippen LogP contribution in [0.1, 0.15) is 0 Å². The third-order valence-electron chi connectivity index (χ3n) is 0.127. The van der Waals surface area contributed by atoms with Gasteiger partial charge in [-0.25, -0.2) is 0 Å². The quantitative estimate of drug-likeness (QED) is 0.307. The smallest absolute Gasteiger partial charge is 0.277 e. The van der Waals surface area contributed by atoms with Gasteiger partial charge in [0, 0.05) is 0 Å². The number of nitrogens with two attached hydrogens (primary N) is 2. The summed E-state index contributed by atoms with van der Waals surface area (Å²) in [4.78, 5) is 0. The maximum absolute atomic E-state index is 7.76. The van der Waals surface area contributed by atoms with Gasteiger partial charge in [-0.15, -0.1) is 0 Å². The Morgan fingerprint density at radius 3 is 1.50 bits per heavy atom. The zero-order valence-electron chi connectivity index (χ0n) is 4.74. The SMILES string of the molecule is N#CC(Cl)(Cl)Cl.N=C(N)N. The van der Waals surface area contributed by atoms with Crippen molar-refractivity contribution in [3.8, 4) is 6.07 Å². The number of nitriles is 1. The number of alkyl halides is 3. The van der Waals surface area contributed by atoms with Gasteiger partial charge in [0.05, 0.1) is 0 Å². The molecule has 0 unspecified atom stereocenters. The standard InChI is InChI=1S/C2Cl3N.CH5N3/c3-2(4,5)1-6;2-1(3)4/h;(H5,2,3,4). The second kappa shape index (κ2) is 5.42. The molecule has 5 N–H and O–H groups in total. The Morgan fingerprint density at radius 1 is 1.40 bits per heavy atom. The highest BCUT2D eigenvalue weighted by atomic mass is 35.6. The maximum Gasteiger partial charge on any atom is 0.277 e. The highest BCUT2D eigenvalue weighted by molar-refractivity contribution is 6.69. The van der Waals surface area contributed by atoms with E-state index < -0.39 is 3.79 Å². The fraction of sp³-hybridized carbons (Fsp3) is 0.333. The Hall–Kier alpha value is -0.370. The van der Waals surface area contributed by atoms with Crippen LogP contribution in [0.25, 0.3) is 0 Å². The molecule has 0 atom stereocenters. The third kappa shape index (κ3) is 48.5. The second-order valence-electron chi connectivity index (χ2n) is 1.06. The van der Waals surface area contributed by atoms with Crippen molar-refractivity contribution in [3.05, 3.63) is 0 Å². The van der Waals surface area contributed by atoms with Crippen LogP contribution in [-0.2, 0) is 0 Å². The average molecular weight is 203 g/mol. The molecule has 0 saturated carbocycles. The van der Waals surface area contributed by atoms with Crippen molar-refractivity contribution in [1.29, 1.82) is 10.7 Å². The Bertz CT molecular complexity index is 139. The Balaban J connectivity index is 0. The molecule has 0 fully saturated rings. The summed E-state index contributed by atoms with van der Waals surface area (Å²) in [5.41, 5.74) is 8.94. The minimum absolute atomic E-state index is 0.333. The average Bonchev–Trinajstić information content (AvgIpc) is 1.63. The monoisotopic (exact) mass is 202 g/mol. The molecule has 0 aromatic heterocycles. The summed E-state index contributed by atoms with van der Waals surface area (Å²) >= 11 is 14.7. The lowest BCUT2D eigenvalue weighted by molar-refractivity contribution is 1.39. The predicted molar refractivity (Wildman–Crippen MR) is 42.0 cm³/mol. The Labute approximate surface area is 73.1 Å². The van der Waals surface area contributed by atoms with Crippen molar-refractivity contribution in [2.24, 2.45) is 11.5 Å². The molecule has 7 heteroatoms. The summed E-state index contributed by atoms with van der Waals surface area (Å²) in [5.74, 6) is -0.333. The van der Waals surface area contributed by atoms with E-state index in [1.54, 1.807) is 0 Å². The zero-order chi connectivity index (χ0) is 8.78. The van der Waals surface area contributed by atoms with E-state index in [1.165, 1.54) is 6.07 Å². The first kappa shape index (κ1) is 12.3. The first-order valence-corrected chi connectivity index (χ1v) is 3.00. The van der Waals surface area contributed by atoms with Crippen molar-refractivity contribution in [2.45, 2.75) is 3.79 Å². The molecule has 0 amide bonds. The van der Waals surface area contributed by atoms with Crippen molar-refractivity contribution < 1.29 is 0 Å². The van der Waals surface area contributed by atoms with Gasteiger partial charge in [0.25, 0.3) is 3.79 Å². The normalized spacial score (nSPS) is 8.60. The lowest BCUT2D eigenvalue weighted by Gasteiger charge is -1.90. The van der Waals surface area contributed by atoms with Gasteiger partial charge >= 0.3 is 0 Å². The highest BCUT2D eigenvalue weighted by Gasteiger charge is 2.16. The van der Waals surface area contributed by atoms with Crippen LogP contribution in [-0.4, -0.2) is 9.75 Å². The van der Waals surface area contributed by atoms with Crippen LogP contribution in [0, 0.1) is 16.7 Å². The minimum atomic E-state index is -1.74. The van der Waals surface area contributed by atoms with Gasteiger partial charge in [-0.3, -0.25) is 5.41 Å². The number of nitrogens with zero attached hydrogens (tertiary/aromatic N) is 1. The van der Waals surface area contributed by atoms with Gasteiger partial charge < -0.3 is 11.5 Å². The second-order valence-corrected chi connectivity index (χ2v) is 3.35. The van der Waals surface area contributed by atoms with Gasteiger partial charge in [0.1, 0.15) is 6.07 Å². The summed E-state index contributed by atoms with van der Waals surface area (Å²) in [7, 11) is 0. The van der Waals surface area contributed by atoms with Crippen molar-refractivity contribution in [3.63, 3.8) is 0 Å². The van der Waals surface area contributed by atoms with Crippen LogP contribution in [0.3, 0.4) is 0 Å².